The summed E-state index contributed by atoms with van der Waals surface area (Å²) in [7, 11) is 0. The van der Waals surface area contributed by atoms with E-state index in [2.05, 4.69) is 11.3 Å². The highest BCUT2D eigenvalue weighted by atomic mass is 19.2. The van der Waals surface area contributed by atoms with Gasteiger partial charge in [-0.2, -0.15) is 8.78 Å². The van der Waals surface area contributed by atoms with Gasteiger partial charge in [0.1, 0.15) is 6.61 Å². The third-order valence-corrected chi connectivity index (χ3v) is 6.39. The maximum absolute atomic E-state index is 13.5. The lowest BCUT2D eigenvalue weighted by atomic mass is 10.2. The summed E-state index contributed by atoms with van der Waals surface area (Å²) >= 11 is 0. The van der Waals surface area contributed by atoms with Crippen molar-refractivity contribution in [1.82, 2.24) is 0 Å². The van der Waals surface area contributed by atoms with Gasteiger partial charge in [0.2, 0.25) is 34.8 Å². The third-order valence-electron chi connectivity index (χ3n) is 6.39. The van der Waals surface area contributed by atoms with Crippen LogP contribution in [-0.4, -0.2) is 171 Å². The van der Waals surface area contributed by atoms with Crippen molar-refractivity contribution >= 4 is 5.97 Å². The van der Waals surface area contributed by atoms with Gasteiger partial charge in [-0.05, 0) is 0 Å². The lowest BCUT2D eigenvalue weighted by Gasteiger charge is -2.09. The molecular weight excluding hydrogens is 755 g/mol. The largest absolute Gasteiger partial charge is 0.499 e. The van der Waals surface area contributed by atoms with Crippen molar-refractivity contribution in [2.24, 2.45) is 0 Å². The van der Waals surface area contributed by atoms with Crippen molar-refractivity contribution in [2.75, 3.05) is 165 Å². The molecule has 0 fully saturated rings. The fourth-order valence-electron chi connectivity index (χ4n) is 3.71. The zero-order valence-electron chi connectivity index (χ0n) is 31.2. The Balaban J connectivity index is 1.71. The van der Waals surface area contributed by atoms with Gasteiger partial charge in [-0.1, -0.05) is 6.58 Å². The fraction of sp³-hybridized carbons (Fsp3) is 0.743. The molecule has 1 aromatic carbocycles. The molecule has 0 radical (unpaired) electrons. The second-order valence-corrected chi connectivity index (χ2v) is 10.5. The van der Waals surface area contributed by atoms with Crippen LogP contribution in [0.15, 0.2) is 12.8 Å². The van der Waals surface area contributed by atoms with E-state index in [0.717, 1.165) is 0 Å². The van der Waals surface area contributed by atoms with Crippen molar-refractivity contribution < 1.29 is 93.1 Å². The molecule has 0 atom stereocenters. The molecule has 1 rings (SSSR count). The molecule has 320 valence electrons. The second-order valence-electron chi connectivity index (χ2n) is 10.5. The molecule has 0 heterocycles. The summed E-state index contributed by atoms with van der Waals surface area (Å²) in [5.74, 6) is -14.2. The minimum atomic E-state index is -2.35. The molecule has 15 nitrogen and oxygen atoms in total. The SMILES string of the molecule is C=COCCOCCOCCOCCOCCOCCOCCOCCOCCOCCOCCOCCOCCC(=O)Oc1c(F)c(F)c(F)c(F)c1F. The number of halogens is 5. The Morgan fingerprint density at radius 1 is 0.364 bits per heavy atom. The van der Waals surface area contributed by atoms with E-state index in [9.17, 15) is 26.7 Å². The minimum absolute atomic E-state index is 0.0772. The molecule has 55 heavy (non-hydrogen) atoms. The molecule has 0 spiro atoms. The van der Waals surface area contributed by atoms with Crippen LogP contribution in [0, 0.1) is 29.1 Å². The van der Waals surface area contributed by atoms with Crippen molar-refractivity contribution in [3.05, 3.63) is 41.9 Å². The number of carbonyl (C=O) groups is 1. The second kappa shape index (κ2) is 37.0. The summed E-state index contributed by atoms with van der Waals surface area (Å²) in [6.45, 7) is 13.1. The van der Waals surface area contributed by atoms with Crippen LogP contribution in [0.25, 0.3) is 0 Å². The molecule has 0 amide bonds. The average molecular weight is 811 g/mol. The van der Waals surface area contributed by atoms with E-state index in [1.807, 2.05) is 0 Å². The predicted molar refractivity (Wildman–Crippen MR) is 182 cm³/mol. The van der Waals surface area contributed by atoms with Crippen LogP contribution in [0.1, 0.15) is 6.42 Å². The summed E-state index contributed by atoms with van der Waals surface area (Å²) in [4.78, 5) is 11.7. The van der Waals surface area contributed by atoms with Gasteiger partial charge in [0.25, 0.3) is 0 Å². The molecule has 20 heteroatoms. The van der Waals surface area contributed by atoms with Crippen LogP contribution in [-0.2, 0) is 66.4 Å². The van der Waals surface area contributed by atoms with E-state index in [4.69, 9.17) is 61.6 Å². The predicted octanol–water partition coefficient (Wildman–Crippen LogP) is 3.04. The molecular formula is C35H55F5O15. The number of rotatable bonds is 41. The summed E-state index contributed by atoms with van der Waals surface area (Å²) < 4.78 is 140. The molecule has 0 N–H and O–H groups in total. The number of hydrogen-bond donors (Lipinski definition) is 0. The number of carbonyl (C=O) groups excluding carboxylic acids is 1. The Kier molecular flexibility index (Phi) is 33.9. The van der Waals surface area contributed by atoms with Crippen LogP contribution < -0.4 is 4.74 Å². The highest BCUT2D eigenvalue weighted by molar-refractivity contribution is 5.72. The summed E-state index contributed by atoms with van der Waals surface area (Å²) in [5.41, 5.74) is 0. The van der Waals surface area contributed by atoms with Gasteiger partial charge in [-0.15, -0.1) is 0 Å². The molecule has 0 bridgehead atoms. The molecule has 0 saturated heterocycles. The van der Waals surface area contributed by atoms with E-state index in [1.54, 1.807) is 0 Å². The van der Waals surface area contributed by atoms with Crippen LogP contribution >= 0.6 is 0 Å². The number of benzene rings is 1. The van der Waals surface area contributed by atoms with Gasteiger partial charge in [-0.25, -0.2) is 13.2 Å². The maximum Gasteiger partial charge on any atom is 0.313 e. The first kappa shape index (κ1) is 50.4. The first-order valence-corrected chi connectivity index (χ1v) is 17.8. The van der Waals surface area contributed by atoms with E-state index in [-0.39, 0.29) is 26.4 Å². The minimum Gasteiger partial charge on any atom is -0.499 e. The van der Waals surface area contributed by atoms with Gasteiger partial charge in [0.05, 0.1) is 171 Å². The number of hydrogen-bond acceptors (Lipinski definition) is 15. The Hall–Kier alpha value is -2.60. The molecule has 0 saturated carbocycles. The Labute approximate surface area is 318 Å². The average Bonchev–Trinajstić information content (AvgIpc) is 3.18. The number of esters is 1. The van der Waals surface area contributed by atoms with Gasteiger partial charge < -0.3 is 66.3 Å². The molecule has 0 aromatic heterocycles. The first-order valence-electron chi connectivity index (χ1n) is 17.8. The normalized spacial score (nSPS) is 11.4. The Morgan fingerprint density at radius 3 is 0.836 bits per heavy atom. The first-order chi connectivity index (χ1) is 26.9. The maximum atomic E-state index is 13.5. The van der Waals surface area contributed by atoms with E-state index >= 15 is 0 Å². The van der Waals surface area contributed by atoms with Crippen LogP contribution in [0.2, 0.25) is 0 Å². The standard InChI is InChI=1S/C35H55F5O15/c1-2-42-5-6-44-9-10-46-13-14-48-17-18-50-21-22-52-25-26-54-28-27-53-24-23-51-20-19-49-16-15-47-12-11-45-8-7-43-4-3-29(41)55-35-33(39)31(37)30(36)32(38)34(35)40/h2H,1,3-28H2. The van der Waals surface area contributed by atoms with Crippen molar-refractivity contribution in [1.29, 1.82) is 0 Å². The van der Waals surface area contributed by atoms with Gasteiger partial charge in [-0.3, -0.25) is 4.79 Å². The van der Waals surface area contributed by atoms with E-state index in [1.165, 1.54) is 6.26 Å². The zero-order chi connectivity index (χ0) is 40.0. The van der Waals surface area contributed by atoms with Crippen LogP contribution in [0.4, 0.5) is 22.0 Å². The van der Waals surface area contributed by atoms with Crippen molar-refractivity contribution in [2.45, 2.75) is 6.42 Å². The molecule has 0 aliphatic carbocycles. The fourth-order valence-corrected chi connectivity index (χ4v) is 3.71. The van der Waals surface area contributed by atoms with Gasteiger partial charge >= 0.3 is 5.97 Å². The Morgan fingerprint density at radius 2 is 0.582 bits per heavy atom. The molecule has 1 aromatic rings. The summed E-state index contributed by atoms with van der Waals surface area (Å²) in [5, 5.41) is 0. The van der Waals surface area contributed by atoms with Gasteiger partial charge in [0, 0.05) is 0 Å². The number of ether oxygens (including phenoxy) is 14. The quantitative estimate of drug-likeness (QED) is 0.0182. The van der Waals surface area contributed by atoms with E-state index < -0.39 is 47.2 Å². The molecule has 0 aliphatic heterocycles. The molecule has 0 unspecified atom stereocenters. The summed E-state index contributed by atoms with van der Waals surface area (Å²) in [6, 6.07) is 0. The lowest BCUT2D eigenvalue weighted by Crippen LogP contribution is -2.16. The smallest absolute Gasteiger partial charge is 0.313 e. The van der Waals surface area contributed by atoms with Crippen molar-refractivity contribution in [3.8, 4) is 5.75 Å². The van der Waals surface area contributed by atoms with Crippen molar-refractivity contribution in [3.63, 3.8) is 0 Å². The highest BCUT2D eigenvalue weighted by Crippen LogP contribution is 2.29. The highest BCUT2D eigenvalue weighted by Gasteiger charge is 2.28. The lowest BCUT2D eigenvalue weighted by molar-refractivity contribution is -0.136. The topological polar surface area (TPSA) is 146 Å². The monoisotopic (exact) mass is 810 g/mol. The molecule has 0 aliphatic rings. The summed E-state index contributed by atoms with van der Waals surface area (Å²) in [6.07, 6.45) is 0.890. The third kappa shape index (κ3) is 28.4. The van der Waals surface area contributed by atoms with Gasteiger partial charge in [0.15, 0.2) is 0 Å². The van der Waals surface area contributed by atoms with Crippen LogP contribution in [0.3, 0.4) is 0 Å². The van der Waals surface area contributed by atoms with E-state index in [0.29, 0.717) is 139 Å². The Bertz CT molecular complexity index is 1060. The zero-order valence-corrected chi connectivity index (χ0v) is 31.2. The van der Waals surface area contributed by atoms with Crippen LogP contribution in [0.5, 0.6) is 5.75 Å².